The van der Waals surface area contributed by atoms with Crippen LogP contribution in [0.5, 0.6) is 5.88 Å². The highest BCUT2D eigenvalue weighted by Gasteiger charge is 2.54. The predicted octanol–water partition coefficient (Wildman–Crippen LogP) is 2.15. The number of nitrogens with one attached hydrogen (secondary N) is 1. The molecule has 2 fully saturated rings. The number of hydrogen-bond acceptors (Lipinski definition) is 9. The van der Waals surface area contributed by atoms with E-state index in [0.29, 0.717) is 36.3 Å². The molecule has 3 aromatic heterocycles. The molecule has 5 heterocycles. The molecule has 3 aromatic rings. The zero-order valence-corrected chi connectivity index (χ0v) is 20.4. The van der Waals surface area contributed by atoms with Crippen molar-refractivity contribution in [3.8, 4) is 5.88 Å². The number of carbonyl (C=O) groups is 2. The van der Waals surface area contributed by atoms with Gasteiger partial charge in [-0.05, 0) is 27.7 Å². The lowest BCUT2D eigenvalue weighted by Gasteiger charge is -2.60. The van der Waals surface area contributed by atoms with E-state index in [1.165, 1.54) is 13.3 Å². The Labute approximate surface area is 202 Å². The average Bonchev–Trinajstić information content (AvgIpc) is 3.10. The summed E-state index contributed by atoms with van der Waals surface area (Å²) in [4.78, 5) is 46.0. The van der Waals surface area contributed by atoms with Gasteiger partial charge >= 0.3 is 6.09 Å². The number of anilines is 2. The second-order valence-electron chi connectivity index (χ2n) is 10.2. The first-order chi connectivity index (χ1) is 16.5. The van der Waals surface area contributed by atoms with E-state index in [1.54, 1.807) is 21.7 Å². The van der Waals surface area contributed by atoms with Crippen molar-refractivity contribution < 1.29 is 19.1 Å². The van der Waals surface area contributed by atoms with E-state index >= 15 is 0 Å². The van der Waals surface area contributed by atoms with Gasteiger partial charge in [0, 0.05) is 37.8 Å². The van der Waals surface area contributed by atoms with Gasteiger partial charge < -0.3 is 24.6 Å². The predicted molar refractivity (Wildman–Crippen MR) is 127 cm³/mol. The van der Waals surface area contributed by atoms with Gasteiger partial charge in [0.05, 0.1) is 31.4 Å². The lowest BCUT2D eigenvalue weighted by molar-refractivity contribution is -0.0454. The molecular weight excluding hydrogens is 452 g/mol. The zero-order chi connectivity index (χ0) is 25.0. The Hall–Kier alpha value is -3.96. The molecule has 184 valence electrons. The van der Waals surface area contributed by atoms with Crippen LogP contribution in [0, 0.1) is 12.3 Å². The molecule has 5 rings (SSSR count). The van der Waals surface area contributed by atoms with Crippen LogP contribution in [-0.4, -0.2) is 80.1 Å². The number of imidazole rings is 1. The van der Waals surface area contributed by atoms with Crippen LogP contribution >= 0.6 is 0 Å². The van der Waals surface area contributed by atoms with Crippen molar-refractivity contribution >= 4 is 29.3 Å². The summed E-state index contributed by atoms with van der Waals surface area (Å²) in [5.41, 5.74) is 1.13. The number of amides is 2. The van der Waals surface area contributed by atoms with Crippen molar-refractivity contribution in [1.29, 1.82) is 0 Å². The van der Waals surface area contributed by atoms with Crippen LogP contribution in [0.3, 0.4) is 0 Å². The Bertz CT molecular complexity index is 1280. The fraction of sp³-hybridized carbons (Fsp3) is 0.478. The highest BCUT2D eigenvalue weighted by Crippen LogP contribution is 2.41. The number of ether oxygens (including phenoxy) is 2. The standard InChI is InChI=1S/C23H28N8O4/c1-14-8-29-9-16(28-20(34-5)18(29)26-14)27-19(32)15-6-25-17(7-24-15)30-10-23(11-30)12-31(13-23)21(33)35-22(2,3)4/h6-9H,10-13H2,1-5H3,(H,27,32). The van der Waals surface area contributed by atoms with Crippen LogP contribution in [0.4, 0.5) is 16.4 Å². The van der Waals surface area contributed by atoms with Crippen molar-refractivity contribution in [2.75, 3.05) is 43.5 Å². The first-order valence-electron chi connectivity index (χ1n) is 11.3. The number of methoxy groups -OCH3 is 1. The third-order valence-corrected chi connectivity index (χ3v) is 5.91. The van der Waals surface area contributed by atoms with Crippen molar-refractivity contribution in [2.24, 2.45) is 5.41 Å². The van der Waals surface area contributed by atoms with Gasteiger partial charge in [-0.2, -0.15) is 4.98 Å². The Kier molecular flexibility index (Phi) is 5.26. The van der Waals surface area contributed by atoms with Crippen molar-refractivity contribution in [1.82, 2.24) is 29.2 Å². The second kappa shape index (κ2) is 8.07. The monoisotopic (exact) mass is 480 g/mol. The van der Waals surface area contributed by atoms with E-state index in [9.17, 15) is 9.59 Å². The van der Waals surface area contributed by atoms with Crippen LogP contribution in [0.2, 0.25) is 0 Å². The van der Waals surface area contributed by atoms with E-state index in [2.05, 4.69) is 30.2 Å². The summed E-state index contributed by atoms with van der Waals surface area (Å²) in [5.74, 6) is 0.886. The van der Waals surface area contributed by atoms with Crippen LogP contribution in [0.25, 0.3) is 5.65 Å². The van der Waals surface area contributed by atoms with Crippen molar-refractivity contribution in [3.63, 3.8) is 0 Å². The average molecular weight is 481 g/mol. The van der Waals surface area contributed by atoms with Crippen LogP contribution < -0.4 is 15.0 Å². The molecule has 35 heavy (non-hydrogen) atoms. The number of fused-ring (bicyclic) bond motifs is 1. The Morgan fingerprint density at radius 2 is 1.80 bits per heavy atom. The normalized spacial score (nSPS) is 16.6. The first-order valence-corrected chi connectivity index (χ1v) is 11.3. The van der Waals surface area contributed by atoms with Gasteiger partial charge in [0.25, 0.3) is 11.8 Å². The second-order valence-corrected chi connectivity index (χ2v) is 10.2. The quantitative estimate of drug-likeness (QED) is 0.597. The Morgan fingerprint density at radius 1 is 1.06 bits per heavy atom. The van der Waals surface area contributed by atoms with E-state index in [1.807, 2.05) is 33.9 Å². The van der Waals surface area contributed by atoms with Crippen molar-refractivity contribution in [2.45, 2.75) is 33.3 Å². The molecule has 12 heteroatoms. The van der Waals surface area contributed by atoms with Gasteiger partial charge in [-0.15, -0.1) is 0 Å². The first kappa shape index (κ1) is 22.8. The topological polar surface area (TPSA) is 127 Å². The molecular formula is C23H28N8O4. The highest BCUT2D eigenvalue weighted by atomic mass is 16.6. The summed E-state index contributed by atoms with van der Waals surface area (Å²) in [6.45, 7) is 10.3. The molecule has 0 aromatic carbocycles. The summed E-state index contributed by atoms with van der Waals surface area (Å²) >= 11 is 0. The molecule has 0 atom stereocenters. The van der Waals surface area contributed by atoms with Gasteiger partial charge in [0.2, 0.25) is 5.65 Å². The summed E-state index contributed by atoms with van der Waals surface area (Å²) in [7, 11) is 1.50. The van der Waals surface area contributed by atoms with Crippen LogP contribution in [-0.2, 0) is 4.74 Å². The molecule has 1 spiro atoms. The Morgan fingerprint density at radius 3 is 2.43 bits per heavy atom. The van der Waals surface area contributed by atoms with Crippen molar-refractivity contribution in [3.05, 3.63) is 36.2 Å². The maximum Gasteiger partial charge on any atom is 0.410 e. The molecule has 0 saturated carbocycles. The number of nitrogens with zero attached hydrogens (tertiary/aromatic N) is 7. The SMILES string of the molecule is COc1nc(NC(=O)c2cnc(N3CC4(CN(C(=O)OC(C)(C)C)C4)C3)cn2)cn2cc(C)nc12. The summed E-state index contributed by atoms with van der Waals surface area (Å²) in [6.07, 6.45) is 6.24. The summed E-state index contributed by atoms with van der Waals surface area (Å²) in [6, 6.07) is 0. The summed E-state index contributed by atoms with van der Waals surface area (Å²) in [5, 5.41) is 2.73. The molecule has 0 aliphatic carbocycles. The number of aryl methyl sites for hydroxylation is 1. The largest absolute Gasteiger partial charge is 0.478 e. The molecule has 2 saturated heterocycles. The minimum absolute atomic E-state index is 0.0731. The molecule has 0 unspecified atom stereocenters. The van der Waals surface area contributed by atoms with E-state index in [4.69, 9.17) is 9.47 Å². The molecule has 12 nitrogen and oxygen atoms in total. The van der Waals surface area contributed by atoms with Gasteiger partial charge in [0.1, 0.15) is 17.1 Å². The molecule has 2 amide bonds. The van der Waals surface area contributed by atoms with E-state index in [0.717, 1.165) is 18.8 Å². The van der Waals surface area contributed by atoms with Crippen LogP contribution in [0.15, 0.2) is 24.8 Å². The van der Waals surface area contributed by atoms with Crippen LogP contribution in [0.1, 0.15) is 37.0 Å². The lowest BCUT2D eigenvalue weighted by atomic mass is 9.73. The van der Waals surface area contributed by atoms with Gasteiger partial charge in [-0.3, -0.25) is 9.20 Å². The van der Waals surface area contributed by atoms with Gasteiger partial charge in [0.15, 0.2) is 5.82 Å². The minimum Gasteiger partial charge on any atom is -0.478 e. The van der Waals surface area contributed by atoms with Gasteiger partial charge in [-0.25, -0.2) is 19.7 Å². The number of hydrogen-bond donors (Lipinski definition) is 1. The number of likely N-dealkylation sites (tertiary alicyclic amines) is 1. The number of rotatable bonds is 4. The number of aromatic nitrogens is 5. The smallest absolute Gasteiger partial charge is 0.410 e. The minimum atomic E-state index is -0.498. The van der Waals surface area contributed by atoms with E-state index < -0.39 is 11.5 Å². The van der Waals surface area contributed by atoms with E-state index in [-0.39, 0.29) is 17.2 Å². The maximum atomic E-state index is 12.7. The van der Waals surface area contributed by atoms with Gasteiger partial charge in [-0.1, -0.05) is 0 Å². The molecule has 2 aliphatic heterocycles. The fourth-order valence-corrected chi connectivity index (χ4v) is 4.42. The fourth-order valence-electron chi connectivity index (χ4n) is 4.42. The molecule has 0 radical (unpaired) electrons. The lowest BCUT2D eigenvalue weighted by Crippen LogP contribution is -2.73. The third kappa shape index (κ3) is 4.43. The maximum absolute atomic E-state index is 12.7. The molecule has 1 N–H and O–H groups in total. The highest BCUT2D eigenvalue weighted by molar-refractivity contribution is 6.02. The zero-order valence-electron chi connectivity index (χ0n) is 20.4. The molecule has 0 bridgehead atoms. The number of carbonyl (C=O) groups excluding carboxylic acids is 2. The molecule has 2 aliphatic rings. The Balaban J connectivity index is 1.17. The summed E-state index contributed by atoms with van der Waals surface area (Å²) < 4.78 is 12.5. The third-order valence-electron chi connectivity index (χ3n) is 5.91.